The first kappa shape index (κ1) is 18.8. The molecule has 0 amide bonds. The molecule has 3 fully saturated rings. The SMILES string of the molecule is O=C1CC(=O)OC(CCc2ccc(OCC3CC3)c(Cl)c2)(C2CCCC2)C1. The van der Waals surface area contributed by atoms with E-state index in [-0.39, 0.29) is 18.2 Å². The van der Waals surface area contributed by atoms with Gasteiger partial charge in [-0.3, -0.25) is 9.59 Å². The third-order valence-electron chi connectivity index (χ3n) is 6.26. The van der Waals surface area contributed by atoms with Gasteiger partial charge in [-0.25, -0.2) is 0 Å². The summed E-state index contributed by atoms with van der Waals surface area (Å²) < 4.78 is 11.7. The van der Waals surface area contributed by atoms with Crippen LogP contribution in [0.25, 0.3) is 0 Å². The summed E-state index contributed by atoms with van der Waals surface area (Å²) in [6, 6.07) is 5.90. The Morgan fingerprint density at radius 1 is 1.15 bits per heavy atom. The highest BCUT2D eigenvalue weighted by atomic mass is 35.5. The summed E-state index contributed by atoms with van der Waals surface area (Å²) in [7, 11) is 0. The number of ketones is 1. The molecule has 0 N–H and O–H groups in total. The second kappa shape index (κ2) is 7.83. The van der Waals surface area contributed by atoms with Gasteiger partial charge in [-0.2, -0.15) is 0 Å². The van der Waals surface area contributed by atoms with Crippen molar-refractivity contribution < 1.29 is 19.1 Å². The van der Waals surface area contributed by atoms with E-state index in [9.17, 15) is 9.59 Å². The summed E-state index contributed by atoms with van der Waals surface area (Å²) in [6.45, 7) is 0.738. The second-order valence-corrected chi connectivity index (χ2v) is 8.84. The van der Waals surface area contributed by atoms with Crippen LogP contribution in [0.5, 0.6) is 5.75 Å². The van der Waals surface area contributed by atoms with Crippen LogP contribution < -0.4 is 4.74 Å². The van der Waals surface area contributed by atoms with Crippen LogP contribution in [0.15, 0.2) is 18.2 Å². The van der Waals surface area contributed by atoms with Crippen molar-refractivity contribution in [3.05, 3.63) is 28.8 Å². The Hall–Kier alpha value is -1.55. The van der Waals surface area contributed by atoms with Gasteiger partial charge < -0.3 is 9.47 Å². The number of aryl methyl sites for hydroxylation is 1. The first-order chi connectivity index (χ1) is 13.0. The lowest BCUT2D eigenvalue weighted by Crippen LogP contribution is -2.48. The van der Waals surface area contributed by atoms with Crippen LogP contribution in [0.2, 0.25) is 5.02 Å². The lowest BCUT2D eigenvalue weighted by atomic mass is 9.76. The smallest absolute Gasteiger partial charge is 0.313 e. The summed E-state index contributed by atoms with van der Waals surface area (Å²) in [4.78, 5) is 24.2. The molecular weight excluding hydrogens is 364 g/mol. The molecule has 3 aliphatic rings. The molecule has 1 aromatic rings. The van der Waals surface area contributed by atoms with Crippen molar-refractivity contribution in [2.45, 2.75) is 69.8 Å². The van der Waals surface area contributed by atoms with Crippen LogP contribution in [0, 0.1) is 11.8 Å². The minimum absolute atomic E-state index is 0.0139. The van der Waals surface area contributed by atoms with Crippen molar-refractivity contribution in [1.29, 1.82) is 0 Å². The maximum absolute atomic E-state index is 12.1. The minimum atomic E-state index is -0.628. The Kier molecular flexibility index (Phi) is 5.45. The van der Waals surface area contributed by atoms with Gasteiger partial charge in [0.1, 0.15) is 23.6 Å². The van der Waals surface area contributed by atoms with Gasteiger partial charge in [-0.15, -0.1) is 0 Å². The molecule has 5 heteroatoms. The van der Waals surface area contributed by atoms with Crippen molar-refractivity contribution in [1.82, 2.24) is 0 Å². The minimum Gasteiger partial charge on any atom is -0.492 e. The van der Waals surface area contributed by atoms with Crippen LogP contribution >= 0.6 is 11.6 Å². The van der Waals surface area contributed by atoms with Crippen LogP contribution in [0.4, 0.5) is 0 Å². The number of cyclic esters (lactones) is 1. The highest BCUT2D eigenvalue weighted by Crippen LogP contribution is 2.44. The Bertz CT molecular complexity index is 703. The molecule has 1 atom stereocenters. The van der Waals surface area contributed by atoms with Crippen molar-refractivity contribution in [2.75, 3.05) is 6.61 Å². The van der Waals surface area contributed by atoms with Crippen LogP contribution in [-0.4, -0.2) is 24.0 Å². The van der Waals surface area contributed by atoms with Gasteiger partial charge in [0.15, 0.2) is 0 Å². The van der Waals surface area contributed by atoms with Gasteiger partial charge in [0.25, 0.3) is 0 Å². The zero-order valence-corrected chi connectivity index (χ0v) is 16.4. The molecule has 0 spiro atoms. The van der Waals surface area contributed by atoms with E-state index in [0.717, 1.165) is 50.0 Å². The molecule has 1 unspecified atom stereocenters. The molecule has 0 aromatic heterocycles. The molecule has 1 aliphatic heterocycles. The normalized spacial score (nSPS) is 26.3. The van der Waals surface area contributed by atoms with Gasteiger partial charge in [-0.05, 0) is 68.1 Å². The third-order valence-corrected chi connectivity index (χ3v) is 6.55. The lowest BCUT2D eigenvalue weighted by molar-refractivity contribution is -0.178. The predicted octanol–water partition coefficient (Wildman–Crippen LogP) is 4.90. The zero-order chi connectivity index (χ0) is 18.9. The average Bonchev–Trinajstić information content (AvgIpc) is 3.28. The van der Waals surface area contributed by atoms with Gasteiger partial charge in [-0.1, -0.05) is 30.5 Å². The second-order valence-electron chi connectivity index (χ2n) is 8.43. The Balaban J connectivity index is 1.44. The lowest BCUT2D eigenvalue weighted by Gasteiger charge is -2.41. The number of hydrogen-bond acceptors (Lipinski definition) is 4. The Morgan fingerprint density at radius 3 is 2.59 bits per heavy atom. The molecule has 4 rings (SSSR count). The summed E-state index contributed by atoms with van der Waals surface area (Å²) >= 11 is 6.40. The maximum Gasteiger partial charge on any atom is 0.313 e. The molecule has 27 heavy (non-hydrogen) atoms. The van der Waals surface area contributed by atoms with E-state index in [2.05, 4.69) is 0 Å². The molecule has 4 nitrogen and oxygen atoms in total. The fourth-order valence-corrected chi connectivity index (χ4v) is 4.80. The van der Waals surface area contributed by atoms with Gasteiger partial charge in [0, 0.05) is 6.42 Å². The van der Waals surface area contributed by atoms with E-state index in [1.54, 1.807) is 0 Å². The number of hydrogen-bond donors (Lipinski definition) is 0. The summed E-state index contributed by atoms with van der Waals surface area (Å²) in [5.41, 5.74) is 0.460. The first-order valence-corrected chi connectivity index (χ1v) is 10.6. The summed E-state index contributed by atoms with van der Waals surface area (Å²) in [5, 5.41) is 0.625. The average molecular weight is 391 g/mol. The van der Waals surface area contributed by atoms with Crippen LogP contribution in [0.3, 0.4) is 0 Å². The largest absolute Gasteiger partial charge is 0.492 e. The molecule has 1 aromatic carbocycles. The fourth-order valence-electron chi connectivity index (χ4n) is 4.54. The Labute approximate surface area is 165 Å². The van der Waals surface area contributed by atoms with Crippen molar-refractivity contribution >= 4 is 23.4 Å². The van der Waals surface area contributed by atoms with E-state index >= 15 is 0 Å². The standard InChI is InChI=1S/C22H27ClO4/c23-19-11-15(7-8-20(19)26-14-16-5-6-16)9-10-22(17-3-1-2-4-17)13-18(24)12-21(25)27-22/h7-8,11,16-17H,1-6,9-10,12-14H2. The van der Waals surface area contributed by atoms with E-state index < -0.39 is 5.60 Å². The maximum atomic E-state index is 12.1. The van der Waals surface area contributed by atoms with E-state index in [1.807, 2.05) is 18.2 Å². The molecule has 1 heterocycles. The summed E-state index contributed by atoms with van der Waals surface area (Å²) in [5.74, 6) is 1.37. The van der Waals surface area contributed by atoms with Crippen molar-refractivity contribution in [3.8, 4) is 5.75 Å². The fraction of sp³-hybridized carbons (Fsp3) is 0.636. The molecule has 0 bridgehead atoms. The molecule has 0 radical (unpaired) electrons. The van der Waals surface area contributed by atoms with E-state index in [1.165, 1.54) is 12.8 Å². The topological polar surface area (TPSA) is 52.6 Å². The van der Waals surface area contributed by atoms with Crippen LogP contribution in [-0.2, 0) is 20.7 Å². The third kappa shape index (κ3) is 4.48. The van der Waals surface area contributed by atoms with Gasteiger partial charge >= 0.3 is 5.97 Å². The molecule has 2 aliphatic carbocycles. The van der Waals surface area contributed by atoms with Crippen molar-refractivity contribution in [3.63, 3.8) is 0 Å². The van der Waals surface area contributed by atoms with Crippen LogP contribution in [0.1, 0.15) is 63.4 Å². The molecule has 1 saturated heterocycles. The number of esters is 1. The molecular formula is C22H27ClO4. The van der Waals surface area contributed by atoms with Gasteiger partial charge in [0.05, 0.1) is 11.6 Å². The quantitative estimate of drug-likeness (QED) is 0.491. The molecule has 2 saturated carbocycles. The number of rotatable bonds is 7. The van der Waals surface area contributed by atoms with E-state index in [4.69, 9.17) is 21.1 Å². The van der Waals surface area contributed by atoms with Gasteiger partial charge in [0.2, 0.25) is 0 Å². The number of carbonyl (C=O) groups is 2. The first-order valence-electron chi connectivity index (χ1n) is 10.2. The predicted molar refractivity (Wildman–Crippen MR) is 103 cm³/mol. The highest BCUT2D eigenvalue weighted by molar-refractivity contribution is 6.32. The van der Waals surface area contributed by atoms with E-state index in [0.29, 0.717) is 29.7 Å². The highest BCUT2D eigenvalue weighted by Gasteiger charge is 2.47. The number of halogens is 1. The van der Waals surface area contributed by atoms with Crippen molar-refractivity contribution in [2.24, 2.45) is 11.8 Å². The number of ether oxygens (including phenoxy) is 2. The molecule has 146 valence electrons. The summed E-state index contributed by atoms with van der Waals surface area (Å²) in [6.07, 6.45) is 8.56. The zero-order valence-electron chi connectivity index (χ0n) is 15.7. The number of benzene rings is 1. The number of carbonyl (C=O) groups excluding carboxylic acids is 2. The number of Topliss-reactive ketones (excluding diaryl/α,β-unsaturated/α-hetero) is 1. The Morgan fingerprint density at radius 2 is 1.93 bits per heavy atom. The monoisotopic (exact) mass is 390 g/mol.